The van der Waals surface area contributed by atoms with Gasteiger partial charge in [0, 0.05) is 22.6 Å². The predicted octanol–water partition coefficient (Wildman–Crippen LogP) is 1.87. The Labute approximate surface area is 132 Å². The second-order valence-corrected chi connectivity index (χ2v) is 5.37. The van der Waals surface area contributed by atoms with Crippen molar-refractivity contribution in [2.75, 3.05) is 25.4 Å². The summed E-state index contributed by atoms with van der Waals surface area (Å²) < 4.78 is 0. The van der Waals surface area contributed by atoms with E-state index in [1.54, 1.807) is 30.1 Å². The van der Waals surface area contributed by atoms with Gasteiger partial charge in [0.1, 0.15) is 0 Å². The Balaban J connectivity index is 2.35. The third kappa shape index (κ3) is 7.54. The van der Waals surface area contributed by atoms with Gasteiger partial charge < -0.3 is 5.32 Å². The summed E-state index contributed by atoms with van der Waals surface area (Å²) in [5, 5.41) is 13.9. The lowest BCUT2D eigenvalue weighted by molar-refractivity contribution is -0.463. The molecule has 1 aromatic heterocycles. The van der Waals surface area contributed by atoms with Gasteiger partial charge in [0.2, 0.25) is 0 Å². The summed E-state index contributed by atoms with van der Waals surface area (Å²) in [5.74, 6) is 4.05. The average Bonchev–Trinajstić information content (AvgIpc) is 2.45. The first-order chi connectivity index (χ1) is 10.1. The van der Waals surface area contributed by atoms with Crippen LogP contribution in [0.5, 0.6) is 0 Å². The second kappa shape index (κ2) is 10.0. The van der Waals surface area contributed by atoms with Crippen molar-refractivity contribution in [3.63, 3.8) is 0 Å². The second-order valence-electron chi connectivity index (χ2n) is 3.86. The van der Waals surface area contributed by atoms with Crippen LogP contribution in [0.2, 0.25) is 5.02 Å². The number of hydrogen-bond donors (Lipinski definition) is 1. The van der Waals surface area contributed by atoms with E-state index in [4.69, 9.17) is 18.0 Å². The molecule has 0 atom stereocenters. The van der Waals surface area contributed by atoms with Gasteiger partial charge in [-0.1, -0.05) is 17.5 Å². The van der Waals surface area contributed by atoms with Gasteiger partial charge >= 0.3 is 0 Å². The molecule has 112 valence electrons. The minimum Gasteiger partial charge on any atom is -0.357 e. The van der Waals surface area contributed by atoms with Crippen LogP contribution in [0.15, 0.2) is 23.3 Å². The van der Waals surface area contributed by atoms with E-state index in [0.29, 0.717) is 28.9 Å². The van der Waals surface area contributed by atoms with E-state index >= 15 is 0 Å². The van der Waals surface area contributed by atoms with Crippen LogP contribution < -0.4 is 5.32 Å². The molecule has 0 fully saturated rings. The quantitative estimate of drug-likeness (QED) is 0.197. The molecule has 1 heterocycles. The van der Waals surface area contributed by atoms with E-state index in [-0.39, 0.29) is 13.1 Å². The van der Waals surface area contributed by atoms with Gasteiger partial charge in [-0.25, -0.2) is 0 Å². The number of amidine groups is 1. The molecule has 6 nitrogen and oxygen atoms in total. The Bertz CT molecular complexity index is 545. The fraction of sp³-hybridized carbons (Fsp3) is 0.385. The van der Waals surface area contributed by atoms with E-state index < -0.39 is 4.92 Å². The van der Waals surface area contributed by atoms with E-state index in [0.717, 1.165) is 5.69 Å². The maximum absolute atomic E-state index is 10.5. The van der Waals surface area contributed by atoms with Gasteiger partial charge in [0.05, 0.1) is 23.8 Å². The number of hydrogen-bond acceptors (Lipinski definition) is 5. The number of nitro groups is 1. The van der Waals surface area contributed by atoms with E-state index in [1.807, 2.05) is 0 Å². The molecule has 0 unspecified atom stereocenters. The molecule has 0 radical (unpaired) electrons. The fourth-order valence-corrected chi connectivity index (χ4v) is 2.43. The number of halogens is 1. The zero-order valence-electron chi connectivity index (χ0n) is 11.3. The summed E-state index contributed by atoms with van der Waals surface area (Å²) in [4.78, 5) is 18.4. The number of aliphatic imine (C=N–C) groups is 1. The number of rotatable bonds is 8. The molecule has 0 aliphatic rings. The monoisotopic (exact) mass is 326 g/mol. The summed E-state index contributed by atoms with van der Waals surface area (Å²) in [7, 11) is 0. The van der Waals surface area contributed by atoms with Crippen LogP contribution in [-0.2, 0) is 5.75 Å². The molecule has 1 rings (SSSR count). The van der Waals surface area contributed by atoms with E-state index in [1.165, 1.54) is 0 Å². The number of nitrogens with one attached hydrogen (secondary N) is 1. The van der Waals surface area contributed by atoms with Crippen LogP contribution in [0, 0.1) is 22.5 Å². The van der Waals surface area contributed by atoms with E-state index in [9.17, 15) is 10.1 Å². The summed E-state index contributed by atoms with van der Waals surface area (Å²) in [6, 6.07) is 3.57. The minimum atomic E-state index is -0.441. The van der Waals surface area contributed by atoms with Crippen molar-refractivity contribution in [2.24, 2.45) is 4.99 Å². The molecule has 8 heteroatoms. The zero-order chi connectivity index (χ0) is 15.5. The molecule has 0 bridgehead atoms. The largest absolute Gasteiger partial charge is 0.357 e. The van der Waals surface area contributed by atoms with Crippen LogP contribution in [0.1, 0.15) is 5.69 Å². The maximum atomic E-state index is 10.5. The van der Waals surface area contributed by atoms with Gasteiger partial charge in [-0.3, -0.25) is 20.1 Å². The lowest BCUT2D eigenvalue weighted by atomic mass is 10.4. The highest BCUT2D eigenvalue weighted by Gasteiger charge is 2.06. The molecule has 0 aliphatic carbocycles. The van der Waals surface area contributed by atoms with Gasteiger partial charge in [0.25, 0.3) is 6.54 Å². The van der Waals surface area contributed by atoms with Gasteiger partial charge in [-0.15, -0.1) is 6.42 Å². The summed E-state index contributed by atoms with van der Waals surface area (Å²) in [6.07, 6.45) is 6.79. The third-order valence-corrected chi connectivity index (χ3v) is 3.58. The van der Waals surface area contributed by atoms with E-state index in [2.05, 4.69) is 21.2 Å². The lowest BCUT2D eigenvalue weighted by Gasteiger charge is -2.04. The van der Waals surface area contributed by atoms with Gasteiger partial charge in [0.15, 0.2) is 5.84 Å². The van der Waals surface area contributed by atoms with Crippen molar-refractivity contribution in [1.29, 1.82) is 0 Å². The molecule has 0 spiro atoms. The third-order valence-electron chi connectivity index (χ3n) is 2.29. The Kier molecular flexibility index (Phi) is 8.24. The first-order valence-electron chi connectivity index (χ1n) is 6.13. The molecular weight excluding hydrogens is 312 g/mol. The first-order valence-corrected chi connectivity index (χ1v) is 7.66. The SMILES string of the molecule is C#CCNC(C[N+](=O)[O-])=NCCSCc1ncccc1Cl. The van der Waals surface area contributed by atoms with Gasteiger partial charge in [-0.05, 0) is 12.1 Å². The average molecular weight is 327 g/mol. The summed E-state index contributed by atoms with van der Waals surface area (Å²) >= 11 is 7.61. The predicted molar refractivity (Wildman–Crippen MR) is 86.4 cm³/mol. The number of terminal acetylenes is 1. The van der Waals surface area contributed by atoms with Crippen molar-refractivity contribution in [2.45, 2.75) is 5.75 Å². The molecule has 0 saturated heterocycles. The van der Waals surface area contributed by atoms with Crippen LogP contribution in [0.25, 0.3) is 0 Å². The van der Waals surface area contributed by atoms with Crippen molar-refractivity contribution in [3.8, 4) is 12.3 Å². The number of thioether (sulfide) groups is 1. The van der Waals surface area contributed by atoms with Crippen LogP contribution in [-0.4, -0.2) is 41.1 Å². The van der Waals surface area contributed by atoms with Gasteiger partial charge in [-0.2, -0.15) is 11.8 Å². The van der Waals surface area contributed by atoms with Crippen LogP contribution in [0.3, 0.4) is 0 Å². The summed E-state index contributed by atoms with van der Waals surface area (Å²) in [5.41, 5.74) is 0.823. The lowest BCUT2D eigenvalue weighted by Crippen LogP contribution is -2.31. The highest BCUT2D eigenvalue weighted by atomic mass is 35.5. The van der Waals surface area contributed by atoms with Crippen LogP contribution in [0.4, 0.5) is 0 Å². The molecule has 1 N–H and O–H groups in total. The molecule has 1 aromatic rings. The highest BCUT2D eigenvalue weighted by Crippen LogP contribution is 2.18. The number of nitrogens with zero attached hydrogens (tertiary/aromatic N) is 3. The highest BCUT2D eigenvalue weighted by molar-refractivity contribution is 7.98. The molecule has 0 aliphatic heterocycles. The number of pyridine rings is 1. The topological polar surface area (TPSA) is 80.4 Å². The van der Waals surface area contributed by atoms with Crippen molar-refractivity contribution in [1.82, 2.24) is 10.3 Å². The smallest absolute Gasteiger partial charge is 0.259 e. The maximum Gasteiger partial charge on any atom is 0.259 e. The Hall–Kier alpha value is -1.78. The Morgan fingerprint density at radius 2 is 2.48 bits per heavy atom. The Morgan fingerprint density at radius 1 is 1.67 bits per heavy atom. The fourth-order valence-electron chi connectivity index (χ4n) is 1.38. The standard InChI is InChI=1S/C13H15ClN4O2S/c1-2-5-16-13(9-18(19)20)17-7-8-21-10-12-11(14)4-3-6-15-12/h1,3-4,6H,5,7-10H2,(H,16,17). The molecule has 0 aromatic carbocycles. The normalized spacial score (nSPS) is 11.0. The first kappa shape index (κ1) is 17.3. The van der Waals surface area contributed by atoms with Crippen molar-refractivity contribution in [3.05, 3.63) is 39.2 Å². The van der Waals surface area contributed by atoms with Crippen molar-refractivity contribution >= 4 is 29.2 Å². The number of aromatic nitrogens is 1. The van der Waals surface area contributed by atoms with Crippen molar-refractivity contribution < 1.29 is 4.92 Å². The zero-order valence-corrected chi connectivity index (χ0v) is 12.9. The molecule has 0 amide bonds. The van der Waals surface area contributed by atoms with Crippen LogP contribution >= 0.6 is 23.4 Å². The summed E-state index contributed by atoms with van der Waals surface area (Å²) in [6.45, 7) is 0.345. The molecule has 0 saturated carbocycles. The molecule has 21 heavy (non-hydrogen) atoms. The minimum absolute atomic E-state index is 0.226. The Morgan fingerprint density at radius 3 is 3.14 bits per heavy atom. The molecular formula is C13H15ClN4O2S.